The summed E-state index contributed by atoms with van der Waals surface area (Å²) in [6, 6.07) is 10.3. The maximum absolute atomic E-state index is 13.5. The van der Waals surface area contributed by atoms with E-state index in [0.29, 0.717) is 83.5 Å². The lowest BCUT2D eigenvalue weighted by molar-refractivity contribution is -0.189. The van der Waals surface area contributed by atoms with E-state index in [4.69, 9.17) is 9.47 Å². The Labute approximate surface area is 246 Å². The highest BCUT2D eigenvalue weighted by molar-refractivity contribution is 5.84. The first-order chi connectivity index (χ1) is 20.1. The molecule has 2 aromatic rings. The van der Waals surface area contributed by atoms with E-state index >= 15 is 0 Å². The van der Waals surface area contributed by atoms with E-state index in [1.54, 1.807) is 12.1 Å². The highest BCUT2D eigenvalue weighted by Crippen LogP contribution is 2.44. The van der Waals surface area contributed by atoms with Gasteiger partial charge < -0.3 is 24.8 Å². The molecule has 2 aromatic carbocycles. The number of amides is 1. The lowest BCUT2D eigenvalue weighted by Gasteiger charge is -2.47. The van der Waals surface area contributed by atoms with Crippen LogP contribution < -0.4 is 5.32 Å². The summed E-state index contributed by atoms with van der Waals surface area (Å²) in [5.41, 5.74) is -4.54. The zero-order valence-corrected chi connectivity index (χ0v) is 23.9. The molecule has 2 heterocycles. The fourth-order valence-corrected chi connectivity index (χ4v) is 6.52. The van der Waals surface area contributed by atoms with Gasteiger partial charge in [-0.1, -0.05) is 30.3 Å². The molecular weight excluding hydrogens is 578 g/mol. The third-order valence-electron chi connectivity index (χ3n) is 9.18. The minimum Gasteiger partial charge on any atom is -0.389 e. The number of likely N-dealkylation sites (tertiary alicyclic amines) is 1. The molecule has 2 N–H and O–H groups in total. The Hall–Kier alpha value is -2.67. The van der Waals surface area contributed by atoms with Gasteiger partial charge in [0, 0.05) is 32.5 Å². The Bertz CT molecular complexity index is 1240. The summed E-state index contributed by atoms with van der Waals surface area (Å²) in [4.78, 5) is 15.7. The first-order valence-corrected chi connectivity index (χ1v) is 14.5. The van der Waals surface area contributed by atoms with Crippen LogP contribution in [0.2, 0.25) is 0 Å². The monoisotopic (exact) mass is 614 g/mol. The fraction of sp³-hybridized carbons (Fsp3) is 0.581. The Morgan fingerprint density at radius 1 is 0.884 bits per heavy atom. The van der Waals surface area contributed by atoms with Crippen molar-refractivity contribution >= 4 is 5.91 Å². The summed E-state index contributed by atoms with van der Waals surface area (Å²) in [7, 11) is 0. The molecule has 1 saturated carbocycles. The number of carbonyl (C=O) groups is 1. The van der Waals surface area contributed by atoms with Crippen molar-refractivity contribution in [1.82, 2.24) is 10.2 Å². The second kappa shape index (κ2) is 11.7. The molecule has 1 unspecified atom stereocenters. The zero-order chi connectivity index (χ0) is 31.1. The molecular formula is C31H36F6N2O4. The van der Waals surface area contributed by atoms with Gasteiger partial charge in [-0.3, -0.25) is 4.79 Å². The number of β-amino-alcohol motifs (C(OH)–C–C–N with tert-alkyl or cyclic N) is 1. The summed E-state index contributed by atoms with van der Waals surface area (Å²) < 4.78 is 92.4. The lowest BCUT2D eigenvalue weighted by Crippen LogP contribution is -2.56. The van der Waals surface area contributed by atoms with Crippen LogP contribution in [0.1, 0.15) is 73.6 Å². The summed E-state index contributed by atoms with van der Waals surface area (Å²) in [6.45, 7) is 4.29. The number of halogens is 6. The van der Waals surface area contributed by atoms with Gasteiger partial charge in [-0.25, -0.2) is 0 Å². The average molecular weight is 615 g/mol. The Balaban J connectivity index is 1.32. The largest absolute Gasteiger partial charge is 0.416 e. The van der Waals surface area contributed by atoms with Gasteiger partial charge in [0.15, 0.2) is 5.79 Å². The summed E-state index contributed by atoms with van der Waals surface area (Å²) in [5, 5.41) is 14.5. The maximum atomic E-state index is 13.5. The molecule has 0 aromatic heterocycles. The molecule has 2 aliphatic heterocycles. The first-order valence-electron chi connectivity index (χ1n) is 14.5. The van der Waals surface area contributed by atoms with Crippen molar-refractivity contribution in [2.45, 2.75) is 80.6 Å². The van der Waals surface area contributed by atoms with Gasteiger partial charge >= 0.3 is 12.4 Å². The predicted molar refractivity (Wildman–Crippen MR) is 145 cm³/mol. The van der Waals surface area contributed by atoms with Crippen molar-refractivity contribution in [1.29, 1.82) is 0 Å². The second-order valence-corrected chi connectivity index (χ2v) is 12.1. The van der Waals surface area contributed by atoms with E-state index in [1.807, 2.05) is 18.2 Å². The number of benzene rings is 2. The van der Waals surface area contributed by atoms with E-state index in [2.05, 4.69) is 10.2 Å². The molecule has 236 valence electrons. The highest BCUT2D eigenvalue weighted by Gasteiger charge is 2.47. The predicted octanol–water partition coefficient (Wildman–Crippen LogP) is 5.98. The van der Waals surface area contributed by atoms with E-state index < -0.39 is 52.2 Å². The van der Waals surface area contributed by atoms with Gasteiger partial charge in [0.25, 0.3) is 0 Å². The van der Waals surface area contributed by atoms with Crippen LogP contribution in [0.4, 0.5) is 26.3 Å². The van der Waals surface area contributed by atoms with Crippen molar-refractivity contribution in [3.63, 3.8) is 0 Å². The number of piperidine rings is 1. The van der Waals surface area contributed by atoms with Gasteiger partial charge in [0.05, 0.1) is 41.4 Å². The van der Waals surface area contributed by atoms with Crippen LogP contribution in [-0.4, -0.2) is 60.1 Å². The van der Waals surface area contributed by atoms with Crippen molar-refractivity contribution in [3.05, 3.63) is 70.8 Å². The quantitative estimate of drug-likeness (QED) is 0.392. The zero-order valence-electron chi connectivity index (χ0n) is 23.9. The molecule has 1 amide bonds. The lowest BCUT2D eigenvalue weighted by atomic mass is 9.70. The van der Waals surface area contributed by atoms with Crippen molar-refractivity contribution in [2.24, 2.45) is 0 Å². The molecule has 43 heavy (non-hydrogen) atoms. The molecule has 6 nitrogen and oxygen atoms in total. The van der Waals surface area contributed by atoms with Crippen molar-refractivity contribution in [3.8, 4) is 0 Å². The van der Waals surface area contributed by atoms with E-state index in [-0.39, 0.29) is 11.6 Å². The van der Waals surface area contributed by atoms with Gasteiger partial charge in [0.1, 0.15) is 0 Å². The number of hydrogen-bond acceptors (Lipinski definition) is 5. The van der Waals surface area contributed by atoms with Crippen LogP contribution in [-0.2, 0) is 32.2 Å². The number of ether oxygens (including phenoxy) is 2. The normalized spacial score (nSPS) is 27.3. The first kappa shape index (κ1) is 31.7. The molecule has 0 radical (unpaired) electrons. The van der Waals surface area contributed by atoms with E-state index in [9.17, 15) is 36.2 Å². The topological polar surface area (TPSA) is 71.0 Å². The minimum absolute atomic E-state index is 0.0531. The standard InChI is InChI=1S/C31H36F6N2O4/c1-21(22-17-24(30(32,33)34)19-25(18-22)31(35,36)37)26(40)38-28(23-5-3-2-4-6-23)9-7-27(41,8-10-28)20-39-13-11-29(12-14-39)42-15-16-43-29/h2-6,17-19,21,41H,7-16,20H2,1H3,(H,38,40). The molecule has 5 rings (SSSR count). The second-order valence-electron chi connectivity index (χ2n) is 12.1. The number of alkyl halides is 6. The SMILES string of the molecule is CC(C(=O)NC1(c2ccccc2)CCC(O)(CN2CCC3(CC2)OCCO3)CC1)c1cc(C(F)(F)F)cc(C(F)(F)F)c1. The third kappa shape index (κ3) is 7.02. The Kier molecular flexibility index (Phi) is 8.62. The number of nitrogens with one attached hydrogen (secondary N) is 1. The highest BCUT2D eigenvalue weighted by atomic mass is 19.4. The Morgan fingerprint density at radius 2 is 1.42 bits per heavy atom. The van der Waals surface area contributed by atoms with Crippen molar-refractivity contribution in [2.75, 3.05) is 32.8 Å². The molecule has 0 bridgehead atoms. The van der Waals surface area contributed by atoms with Crippen LogP contribution in [0.15, 0.2) is 48.5 Å². The summed E-state index contributed by atoms with van der Waals surface area (Å²) in [6.07, 6.45) is -7.26. The van der Waals surface area contributed by atoms with Crippen LogP contribution >= 0.6 is 0 Å². The number of aliphatic hydroxyl groups is 1. The number of rotatable bonds is 6. The van der Waals surface area contributed by atoms with Gasteiger partial charge in [0.2, 0.25) is 5.91 Å². The molecule has 1 spiro atoms. The van der Waals surface area contributed by atoms with Crippen LogP contribution in [0.5, 0.6) is 0 Å². The number of hydrogen-bond donors (Lipinski definition) is 2. The molecule has 1 atom stereocenters. The van der Waals surface area contributed by atoms with E-state index in [0.717, 1.165) is 5.56 Å². The molecule has 12 heteroatoms. The van der Waals surface area contributed by atoms with Crippen LogP contribution in [0, 0.1) is 0 Å². The molecule has 1 aliphatic carbocycles. The maximum Gasteiger partial charge on any atom is 0.416 e. The minimum atomic E-state index is -5.02. The average Bonchev–Trinajstić information content (AvgIpc) is 3.42. The van der Waals surface area contributed by atoms with Crippen LogP contribution in [0.3, 0.4) is 0 Å². The smallest absolute Gasteiger partial charge is 0.389 e. The van der Waals surface area contributed by atoms with Gasteiger partial charge in [-0.2, -0.15) is 26.3 Å². The van der Waals surface area contributed by atoms with Crippen LogP contribution in [0.25, 0.3) is 0 Å². The van der Waals surface area contributed by atoms with Crippen molar-refractivity contribution < 1.29 is 45.7 Å². The van der Waals surface area contributed by atoms with E-state index in [1.165, 1.54) is 6.92 Å². The van der Waals surface area contributed by atoms with Gasteiger partial charge in [-0.05, 0) is 61.9 Å². The number of carbonyl (C=O) groups excluding carboxylic acids is 1. The Morgan fingerprint density at radius 3 is 1.93 bits per heavy atom. The summed E-state index contributed by atoms with van der Waals surface area (Å²) in [5.74, 6) is -2.53. The molecule has 3 aliphatic rings. The number of nitrogens with zero attached hydrogens (tertiary/aromatic N) is 1. The molecule has 3 fully saturated rings. The summed E-state index contributed by atoms with van der Waals surface area (Å²) >= 11 is 0. The fourth-order valence-electron chi connectivity index (χ4n) is 6.52. The third-order valence-corrected chi connectivity index (χ3v) is 9.18. The molecule has 2 saturated heterocycles. The van der Waals surface area contributed by atoms with Gasteiger partial charge in [-0.15, -0.1) is 0 Å².